The predicted molar refractivity (Wildman–Crippen MR) is 48.7 cm³/mol. The molecule has 1 fully saturated rings. The number of nitrogens with zero attached hydrogens (tertiary/aromatic N) is 1. The summed E-state index contributed by atoms with van der Waals surface area (Å²) in [5, 5.41) is 19.9. The number of hydrazine groups is 1. The van der Waals surface area contributed by atoms with Gasteiger partial charge >= 0.3 is 5.97 Å². The van der Waals surface area contributed by atoms with Crippen molar-refractivity contribution in [3.05, 3.63) is 0 Å². The van der Waals surface area contributed by atoms with E-state index < -0.39 is 11.6 Å². The van der Waals surface area contributed by atoms with Gasteiger partial charge in [0.25, 0.3) is 0 Å². The number of nitrogens with one attached hydrogen (secondary N) is 1. The normalized spacial score (nSPS) is 23.0. The largest absolute Gasteiger partial charge is 0.479 e. The van der Waals surface area contributed by atoms with Gasteiger partial charge in [-0.15, -0.1) is 0 Å². The van der Waals surface area contributed by atoms with Gasteiger partial charge in [-0.1, -0.05) is 0 Å². The van der Waals surface area contributed by atoms with E-state index in [1.165, 1.54) is 6.92 Å². The minimum atomic E-state index is -1.72. The van der Waals surface area contributed by atoms with Crippen LogP contribution in [0, 0.1) is 0 Å². The average molecular weight is 204 g/mol. The summed E-state index contributed by atoms with van der Waals surface area (Å²) in [7, 11) is 0. The summed E-state index contributed by atoms with van der Waals surface area (Å²) < 4.78 is 5.12. The first-order valence-corrected chi connectivity index (χ1v) is 4.54. The summed E-state index contributed by atoms with van der Waals surface area (Å²) >= 11 is 0. The summed E-state index contributed by atoms with van der Waals surface area (Å²) in [6, 6.07) is 0. The molecule has 3 N–H and O–H groups in total. The minimum Gasteiger partial charge on any atom is -0.479 e. The first kappa shape index (κ1) is 11.4. The molecule has 6 heteroatoms. The number of morpholine rings is 1. The number of ether oxygens (including phenoxy) is 1. The standard InChI is InChI=1S/C8H16N2O4/c1-8(13,7(11)12)6-9-10-2-4-14-5-3-10/h9,13H,2-6H2,1H3,(H,11,12). The van der Waals surface area contributed by atoms with E-state index in [4.69, 9.17) is 9.84 Å². The Morgan fingerprint density at radius 2 is 2.14 bits per heavy atom. The van der Waals surface area contributed by atoms with Crippen LogP contribution in [0.3, 0.4) is 0 Å². The molecule has 0 bridgehead atoms. The minimum absolute atomic E-state index is 0.00231. The molecule has 0 saturated carbocycles. The van der Waals surface area contributed by atoms with Gasteiger partial charge < -0.3 is 14.9 Å². The monoisotopic (exact) mass is 204 g/mol. The molecule has 0 spiro atoms. The number of hydrogen-bond acceptors (Lipinski definition) is 5. The summed E-state index contributed by atoms with van der Waals surface area (Å²) in [6.45, 7) is 3.93. The van der Waals surface area contributed by atoms with Crippen molar-refractivity contribution in [3.8, 4) is 0 Å². The van der Waals surface area contributed by atoms with E-state index in [0.717, 1.165) is 0 Å². The molecule has 0 aromatic heterocycles. The van der Waals surface area contributed by atoms with Gasteiger partial charge in [0.05, 0.1) is 13.2 Å². The number of hydrogen-bond donors (Lipinski definition) is 3. The summed E-state index contributed by atoms with van der Waals surface area (Å²) in [4.78, 5) is 10.6. The maximum atomic E-state index is 10.6. The van der Waals surface area contributed by atoms with Crippen molar-refractivity contribution in [2.24, 2.45) is 0 Å². The zero-order valence-corrected chi connectivity index (χ0v) is 8.19. The van der Waals surface area contributed by atoms with Crippen molar-refractivity contribution in [2.75, 3.05) is 32.8 Å². The molecule has 1 rings (SSSR count). The van der Waals surface area contributed by atoms with E-state index >= 15 is 0 Å². The lowest BCUT2D eigenvalue weighted by Gasteiger charge is -2.29. The maximum Gasteiger partial charge on any atom is 0.336 e. The van der Waals surface area contributed by atoms with Gasteiger partial charge in [-0.25, -0.2) is 9.80 Å². The molecule has 0 aromatic rings. The predicted octanol–water partition coefficient (Wildman–Crippen LogP) is -1.34. The number of carbonyl (C=O) groups is 1. The fourth-order valence-electron chi connectivity index (χ4n) is 1.06. The first-order chi connectivity index (χ1) is 6.52. The van der Waals surface area contributed by atoms with E-state index in [1.54, 1.807) is 0 Å². The van der Waals surface area contributed by atoms with Gasteiger partial charge in [0, 0.05) is 19.6 Å². The third kappa shape index (κ3) is 3.22. The Hall–Kier alpha value is -0.690. The Morgan fingerprint density at radius 1 is 1.57 bits per heavy atom. The van der Waals surface area contributed by atoms with Crippen LogP contribution in [0.15, 0.2) is 0 Å². The van der Waals surface area contributed by atoms with Crippen molar-refractivity contribution in [2.45, 2.75) is 12.5 Å². The molecule has 0 aliphatic carbocycles. The van der Waals surface area contributed by atoms with Gasteiger partial charge in [-0.05, 0) is 6.92 Å². The number of carboxylic acids is 1. The van der Waals surface area contributed by atoms with Crippen LogP contribution in [-0.2, 0) is 9.53 Å². The molecule has 1 unspecified atom stereocenters. The van der Waals surface area contributed by atoms with E-state index in [9.17, 15) is 9.90 Å². The van der Waals surface area contributed by atoms with E-state index in [2.05, 4.69) is 5.43 Å². The smallest absolute Gasteiger partial charge is 0.336 e. The Bertz CT molecular complexity index is 202. The molecule has 1 heterocycles. The number of aliphatic hydroxyl groups is 1. The van der Waals surface area contributed by atoms with Crippen LogP contribution < -0.4 is 5.43 Å². The number of aliphatic carboxylic acids is 1. The molecular weight excluding hydrogens is 188 g/mol. The van der Waals surface area contributed by atoms with Crippen LogP contribution in [0.5, 0.6) is 0 Å². The first-order valence-electron chi connectivity index (χ1n) is 4.54. The molecule has 0 aromatic carbocycles. The summed E-state index contributed by atoms with van der Waals surface area (Å²) in [5.74, 6) is -1.22. The highest BCUT2D eigenvalue weighted by Crippen LogP contribution is 2.02. The van der Waals surface area contributed by atoms with Crippen LogP contribution in [0.2, 0.25) is 0 Å². The fraction of sp³-hybridized carbons (Fsp3) is 0.875. The van der Waals surface area contributed by atoms with Gasteiger partial charge in [-0.3, -0.25) is 5.43 Å². The highest BCUT2D eigenvalue weighted by atomic mass is 16.5. The third-order valence-electron chi connectivity index (χ3n) is 2.12. The molecule has 1 aliphatic rings. The summed E-state index contributed by atoms with van der Waals surface area (Å²) in [5.41, 5.74) is 1.14. The average Bonchev–Trinajstić information content (AvgIpc) is 2.16. The summed E-state index contributed by atoms with van der Waals surface area (Å²) in [6.07, 6.45) is 0. The van der Waals surface area contributed by atoms with Crippen molar-refractivity contribution in [1.82, 2.24) is 10.4 Å². The van der Waals surface area contributed by atoms with Crippen LogP contribution in [0.25, 0.3) is 0 Å². The third-order valence-corrected chi connectivity index (χ3v) is 2.12. The molecular formula is C8H16N2O4. The Morgan fingerprint density at radius 3 is 2.64 bits per heavy atom. The zero-order chi connectivity index (χ0) is 10.6. The van der Waals surface area contributed by atoms with E-state index in [-0.39, 0.29) is 6.54 Å². The van der Waals surface area contributed by atoms with Crippen molar-refractivity contribution < 1.29 is 19.7 Å². The molecule has 0 amide bonds. The molecule has 14 heavy (non-hydrogen) atoms. The quantitative estimate of drug-likeness (QED) is 0.526. The molecule has 6 nitrogen and oxygen atoms in total. The topological polar surface area (TPSA) is 82.0 Å². The van der Waals surface area contributed by atoms with Crippen LogP contribution >= 0.6 is 0 Å². The van der Waals surface area contributed by atoms with Gasteiger partial charge in [0.15, 0.2) is 5.60 Å². The van der Waals surface area contributed by atoms with E-state index in [1.807, 2.05) is 5.01 Å². The van der Waals surface area contributed by atoms with Crippen LogP contribution in [0.4, 0.5) is 0 Å². The van der Waals surface area contributed by atoms with Crippen molar-refractivity contribution in [1.29, 1.82) is 0 Å². The van der Waals surface area contributed by atoms with Gasteiger partial charge in [0.1, 0.15) is 0 Å². The number of carboxylic acid groups (broad SMARTS) is 1. The lowest BCUT2D eigenvalue weighted by Crippen LogP contribution is -2.53. The highest BCUT2D eigenvalue weighted by molar-refractivity contribution is 5.76. The second kappa shape index (κ2) is 4.70. The molecule has 1 saturated heterocycles. The Kier molecular flexibility index (Phi) is 3.82. The maximum absolute atomic E-state index is 10.6. The van der Waals surface area contributed by atoms with Gasteiger partial charge in [-0.2, -0.15) is 0 Å². The molecule has 1 atom stereocenters. The SMILES string of the molecule is CC(O)(CNN1CCOCC1)C(=O)O. The molecule has 82 valence electrons. The Balaban J connectivity index is 2.28. The molecule has 1 aliphatic heterocycles. The van der Waals surface area contributed by atoms with Crippen LogP contribution in [0.1, 0.15) is 6.92 Å². The highest BCUT2D eigenvalue weighted by Gasteiger charge is 2.30. The second-order valence-electron chi connectivity index (χ2n) is 3.51. The fourth-order valence-corrected chi connectivity index (χ4v) is 1.06. The van der Waals surface area contributed by atoms with Gasteiger partial charge in [0.2, 0.25) is 0 Å². The molecule has 0 radical (unpaired) electrons. The van der Waals surface area contributed by atoms with Crippen molar-refractivity contribution in [3.63, 3.8) is 0 Å². The second-order valence-corrected chi connectivity index (χ2v) is 3.51. The lowest BCUT2D eigenvalue weighted by molar-refractivity contribution is -0.157. The van der Waals surface area contributed by atoms with Crippen LogP contribution in [-0.4, -0.2) is 59.6 Å². The van der Waals surface area contributed by atoms with E-state index in [0.29, 0.717) is 26.3 Å². The van der Waals surface area contributed by atoms with Crippen molar-refractivity contribution >= 4 is 5.97 Å². The zero-order valence-electron chi connectivity index (χ0n) is 8.19. The Labute approximate surface area is 82.4 Å². The lowest BCUT2D eigenvalue weighted by atomic mass is 10.1. The number of rotatable bonds is 4.